The Labute approximate surface area is 181 Å². The molecule has 6 heteroatoms. The van der Waals surface area contributed by atoms with Crippen LogP contribution in [0.15, 0.2) is 84.9 Å². The minimum atomic E-state index is -0.745. The summed E-state index contributed by atoms with van der Waals surface area (Å²) >= 11 is 0. The van der Waals surface area contributed by atoms with Gasteiger partial charge in [0, 0.05) is 11.3 Å². The molecule has 0 saturated carbocycles. The van der Waals surface area contributed by atoms with E-state index in [0.29, 0.717) is 16.9 Å². The van der Waals surface area contributed by atoms with E-state index >= 15 is 0 Å². The predicted molar refractivity (Wildman–Crippen MR) is 122 cm³/mol. The van der Waals surface area contributed by atoms with Gasteiger partial charge in [0.25, 0.3) is 11.8 Å². The molecule has 0 spiro atoms. The van der Waals surface area contributed by atoms with Crippen LogP contribution in [0.3, 0.4) is 0 Å². The summed E-state index contributed by atoms with van der Waals surface area (Å²) < 4.78 is 0. The summed E-state index contributed by atoms with van der Waals surface area (Å²) in [5.74, 6) is -1.20. The third-order valence-corrected chi connectivity index (χ3v) is 4.73. The number of amides is 3. The van der Waals surface area contributed by atoms with E-state index in [4.69, 9.17) is 0 Å². The molecule has 0 aromatic heterocycles. The summed E-state index contributed by atoms with van der Waals surface area (Å²) in [6, 6.07) is 23.8. The molecule has 0 heterocycles. The minimum absolute atomic E-state index is 0.140. The highest BCUT2D eigenvalue weighted by Crippen LogP contribution is 2.18. The van der Waals surface area contributed by atoms with Crippen molar-refractivity contribution in [2.75, 3.05) is 10.6 Å². The van der Waals surface area contributed by atoms with Gasteiger partial charge in [0.1, 0.15) is 6.04 Å². The Kier molecular flexibility index (Phi) is 7.17. The van der Waals surface area contributed by atoms with Crippen molar-refractivity contribution in [2.45, 2.75) is 19.9 Å². The van der Waals surface area contributed by atoms with Crippen LogP contribution >= 0.6 is 0 Å². The van der Waals surface area contributed by atoms with Gasteiger partial charge in [0.15, 0.2) is 0 Å². The number of benzene rings is 3. The van der Waals surface area contributed by atoms with Gasteiger partial charge in [-0.1, -0.05) is 62.4 Å². The lowest BCUT2D eigenvalue weighted by atomic mass is 10.0. The van der Waals surface area contributed by atoms with Gasteiger partial charge in [-0.25, -0.2) is 0 Å². The van der Waals surface area contributed by atoms with Gasteiger partial charge in [-0.05, 0) is 42.3 Å². The molecule has 0 aliphatic carbocycles. The number of carbonyl (C=O) groups is 3. The molecule has 1 atom stereocenters. The van der Waals surface area contributed by atoms with E-state index in [1.165, 1.54) is 0 Å². The Bertz CT molecular complexity index is 1050. The summed E-state index contributed by atoms with van der Waals surface area (Å²) in [6.07, 6.45) is 0. The number of rotatable bonds is 7. The van der Waals surface area contributed by atoms with Crippen molar-refractivity contribution >= 4 is 29.1 Å². The second-order valence-electron chi connectivity index (χ2n) is 7.42. The summed E-state index contributed by atoms with van der Waals surface area (Å²) in [6.45, 7) is 3.72. The average Bonchev–Trinajstić information content (AvgIpc) is 2.78. The van der Waals surface area contributed by atoms with E-state index in [9.17, 15) is 14.4 Å². The van der Waals surface area contributed by atoms with Gasteiger partial charge < -0.3 is 16.0 Å². The van der Waals surface area contributed by atoms with Crippen LogP contribution in [0.1, 0.15) is 34.6 Å². The van der Waals surface area contributed by atoms with E-state index in [0.717, 1.165) is 0 Å². The molecule has 3 aromatic rings. The SMILES string of the molecule is CC(C)[C@@H](NC(=O)c1ccccc1NC(=O)c1ccccc1)C(=O)Nc1ccccc1. The van der Waals surface area contributed by atoms with Gasteiger partial charge in [-0.2, -0.15) is 0 Å². The van der Waals surface area contributed by atoms with E-state index < -0.39 is 11.9 Å². The van der Waals surface area contributed by atoms with Crippen LogP contribution < -0.4 is 16.0 Å². The minimum Gasteiger partial charge on any atom is -0.340 e. The molecule has 31 heavy (non-hydrogen) atoms. The zero-order valence-electron chi connectivity index (χ0n) is 17.5. The summed E-state index contributed by atoms with van der Waals surface area (Å²) in [5.41, 5.74) is 1.80. The van der Waals surface area contributed by atoms with Crippen LogP contribution in [-0.2, 0) is 4.79 Å². The molecule has 3 N–H and O–H groups in total. The molecule has 0 saturated heterocycles. The van der Waals surface area contributed by atoms with Crippen molar-refractivity contribution in [3.05, 3.63) is 96.1 Å². The largest absolute Gasteiger partial charge is 0.340 e. The van der Waals surface area contributed by atoms with Crippen molar-refractivity contribution < 1.29 is 14.4 Å². The Morgan fingerprint density at radius 1 is 0.677 bits per heavy atom. The number of hydrogen-bond donors (Lipinski definition) is 3. The fourth-order valence-corrected chi connectivity index (χ4v) is 3.07. The van der Waals surface area contributed by atoms with E-state index in [1.807, 2.05) is 38.1 Å². The third kappa shape index (κ3) is 5.79. The second-order valence-corrected chi connectivity index (χ2v) is 7.42. The maximum Gasteiger partial charge on any atom is 0.255 e. The molecule has 3 rings (SSSR count). The van der Waals surface area contributed by atoms with Gasteiger partial charge >= 0.3 is 0 Å². The lowest BCUT2D eigenvalue weighted by molar-refractivity contribution is -0.118. The van der Waals surface area contributed by atoms with Crippen LogP contribution in [0.25, 0.3) is 0 Å². The lowest BCUT2D eigenvalue weighted by Crippen LogP contribution is -2.47. The van der Waals surface area contributed by atoms with Crippen LogP contribution in [0.2, 0.25) is 0 Å². The van der Waals surface area contributed by atoms with Crippen molar-refractivity contribution in [3.8, 4) is 0 Å². The number of hydrogen-bond acceptors (Lipinski definition) is 3. The molecule has 0 radical (unpaired) electrons. The van der Waals surface area contributed by atoms with E-state index in [2.05, 4.69) is 16.0 Å². The number of anilines is 2. The lowest BCUT2D eigenvalue weighted by Gasteiger charge is -2.22. The smallest absolute Gasteiger partial charge is 0.255 e. The van der Waals surface area contributed by atoms with Crippen LogP contribution in [-0.4, -0.2) is 23.8 Å². The fraction of sp³-hybridized carbons (Fsp3) is 0.160. The van der Waals surface area contributed by atoms with Gasteiger partial charge in [0.2, 0.25) is 5.91 Å². The maximum atomic E-state index is 13.0. The van der Waals surface area contributed by atoms with Gasteiger partial charge in [-0.3, -0.25) is 14.4 Å². The summed E-state index contributed by atoms with van der Waals surface area (Å²) in [5, 5.41) is 8.41. The van der Waals surface area contributed by atoms with Gasteiger partial charge in [-0.15, -0.1) is 0 Å². The van der Waals surface area contributed by atoms with E-state index in [1.54, 1.807) is 60.7 Å². The first-order valence-corrected chi connectivity index (χ1v) is 10.1. The Balaban J connectivity index is 1.75. The maximum absolute atomic E-state index is 13.0. The molecule has 0 unspecified atom stereocenters. The molecule has 0 fully saturated rings. The van der Waals surface area contributed by atoms with Crippen molar-refractivity contribution in [1.82, 2.24) is 5.32 Å². The summed E-state index contributed by atoms with van der Waals surface area (Å²) in [4.78, 5) is 38.3. The van der Waals surface area contributed by atoms with E-state index in [-0.39, 0.29) is 23.3 Å². The van der Waals surface area contributed by atoms with Crippen molar-refractivity contribution in [2.24, 2.45) is 5.92 Å². The van der Waals surface area contributed by atoms with Crippen LogP contribution in [0.4, 0.5) is 11.4 Å². The molecule has 3 amide bonds. The molecule has 0 aliphatic heterocycles. The third-order valence-electron chi connectivity index (χ3n) is 4.73. The molecule has 158 valence electrons. The Morgan fingerprint density at radius 3 is 1.90 bits per heavy atom. The zero-order chi connectivity index (χ0) is 22.2. The normalized spacial score (nSPS) is 11.5. The monoisotopic (exact) mass is 415 g/mol. The van der Waals surface area contributed by atoms with Crippen LogP contribution in [0.5, 0.6) is 0 Å². The van der Waals surface area contributed by atoms with Crippen LogP contribution in [0, 0.1) is 5.92 Å². The molecule has 3 aromatic carbocycles. The number of carbonyl (C=O) groups excluding carboxylic acids is 3. The molecule has 0 aliphatic rings. The summed E-state index contributed by atoms with van der Waals surface area (Å²) in [7, 11) is 0. The quantitative estimate of drug-likeness (QED) is 0.537. The Morgan fingerprint density at radius 2 is 1.26 bits per heavy atom. The van der Waals surface area contributed by atoms with Crippen molar-refractivity contribution in [1.29, 1.82) is 0 Å². The zero-order valence-corrected chi connectivity index (χ0v) is 17.5. The molecule has 6 nitrogen and oxygen atoms in total. The van der Waals surface area contributed by atoms with Gasteiger partial charge in [0.05, 0.1) is 11.3 Å². The first-order chi connectivity index (χ1) is 15.0. The first-order valence-electron chi connectivity index (χ1n) is 10.1. The molecule has 0 bridgehead atoms. The second kappa shape index (κ2) is 10.2. The number of nitrogens with one attached hydrogen (secondary N) is 3. The highest BCUT2D eigenvalue weighted by Gasteiger charge is 2.26. The highest BCUT2D eigenvalue weighted by molar-refractivity contribution is 6.10. The first kappa shape index (κ1) is 21.8. The number of para-hydroxylation sites is 2. The Hall–Kier alpha value is -3.93. The topological polar surface area (TPSA) is 87.3 Å². The standard InChI is InChI=1S/C25H25N3O3/c1-17(2)22(25(31)26-19-13-7-4-8-14-19)28-24(30)20-15-9-10-16-21(20)27-23(29)18-11-5-3-6-12-18/h3-17,22H,1-2H3,(H,26,31)(H,27,29)(H,28,30)/t22-/m1/s1. The van der Waals surface area contributed by atoms with Crippen molar-refractivity contribution in [3.63, 3.8) is 0 Å². The predicted octanol–water partition coefficient (Wildman–Crippen LogP) is 4.33. The fourth-order valence-electron chi connectivity index (χ4n) is 3.07. The average molecular weight is 415 g/mol. The highest BCUT2D eigenvalue weighted by atomic mass is 16.2. The molecular weight excluding hydrogens is 390 g/mol. The molecular formula is C25H25N3O3.